The van der Waals surface area contributed by atoms with Crippen LogP contribution in [0.1, 0.15) is 45.6 Å². The Kier molecular flexibility index (Phi) is 4.28. The molecule has 0 bridgehead atoms. The Morgan fingerprint density at radius 1 is 1.43 bits per heavy atom. The van der Waals surface area contributed by atoms with Crippen molar-refractivity contribution in [3.8, 4) is 5.75 Å². The number of primary amides is 1. The third-order valence-corrected chi connectivity index (χ3v) is 4.42. The Labute approximate surface area is 127 Å². The van der Waals surface area contributed by atoms with Crippen molar-refractivity contribution < 1.29 is 9.53 Å². The standard InChI is InChI=1S/C17H26N2O2/c1-16(2,3)12-6-5-7-13(10-12)21-14-8-9-17(11-14,19-4)15(18)20/h5-7,10,14,19H,8-9,11H2,1-4H3,(H2,18,20). The predicted octanol–water partition coefficient (Wildman–Crippen LogP) is 2.36. The number of likely N-dealkylation sites (N-methyl/N-ethyl adjacent to an activating group) is 1. The van der Waals surface area contributed by atoms with Crippen molar-refractivity contribution in [1.29, 1.82) is 0 Å². The molecule has 2 atom stereocenters. The van der Waals surface area contributed by atoms with Crippen LogP contribution in [0.25, 0.3) is 0 Å². The van der Waals surface area contributed by atoms with E-state index in [1.807, 2.05) is 12.1 Å². The van der Waals surface area contributed by atoms with Gasteiger partial charge in [-0.15, -0.1) is 0 Å². The molecule has 4 heteroatoms. The number of amides is 1. The van der Waals surface area contributed by atoms with E-state index < -0.39 is 5.54 Å². The molecule has 116 valence electrons. The maximum atomic E-state index is 11.6. The molecule has 21 heavy (non-hydrogen) atoms. The highest BCUT2D eigenvalue weighted by Crippen LogP contribution is 2.33. The fraction of sp³-hybridized carbons (Fsp3) is 0.588. The van der Waals surface area contributed by atoms with Gasteiger partial charge < -0.3 is 15.8 Å². The van der Waals surface area contributed by atoms with Gasteiger partial charge in [-0.2, -0.15) is 0 Å². The first-order valence-corrected chi connectivity index (χ1v) is 7.53. The van der Waals surface area contributed by atoms with E-state index in [2.05, 4.69) is 38.2 Å². The largest absolute Gasteiger partial charge is 0.490 e. The number of ether oxygens (including phenoxy) is 1. The van der Waals surface area contributed by atoms with E-state index in [0.717, 1.165) is 18.6 Å². The number of rotatable bonds is 4. The number of nitrogens with two attached hydrogens (primary N) is 1. The molecule has 0 aliphatic heterocycles. The van der Waals surface area contributed by atoms with Gasteiger partial charge in [0.1, 0.15) is 17.4 Å². The minimum absolute atomic E-state index is 0.0279. The molecule has 2 unspecified atom stereocenters. The highest BCUT2D eigenvalue weighted by Gasteiger charge is 2.43. The van der Waals surface area contributed by atoms with Crippen molar-refractivity contribution in [3.63, 3.8) is 0 Å². The van der Waals surface area contributed by atoms with Crippen LogP contribution >= 0.6 is 0 Å². The highest BCUT2D eigenvalue weighted by molar-refractivity contribution is 5.85. The van der Waals surface area contributed by atoms with Crippen LogP contribution in [0.2, 0.25) is 0 Å². The molecule has 1 amide bonds. The maximum Gasteiger partial charge on any atom is 0.237 e. The van der Waals surface area contributed by atoms with Crippen molar-refractivity contribution in [2.75, 3.05) is 7.05 Å². The molecule has 1 aromatic carbocycles. The lowest BCUT2D eigenvalue weighted by atomic mass is 9.87. The van der Waals surface area contributed by atoms with Crippen LogP contribution in [0.3, 0.4) is 0 Å². The SMILES string of the molecule is CNC1(C(N)=O)CCC(Oc2cccc(C(C)(C)C)c2)C1. The second-order valence-corrected chi connectivity index (χ2v) is 6.96. The minimum atomic E-state index is -0.619. The summed E-state index contributed by atoms with van der Waals surface area (Å²) >= 11 is 0. The summed E-state index contributed by atoms with van der Waals surface area (Å²) in [7, 11) is 1.79. The fourth-order valence-corrected chi connectivity index (χ4v) is 2.90. The summed E-state index contributed by atoms with van der Waals surface area (Å²) in [5.41, 5.74) is 6.24. The summed E-state index contributed by atoms with van der Waals surface area (Å²) in [5, 5.41) is 3.07. The van der Waals surface area contributed by atoms with Gasteiger partial charge in [-0.3, -0.25) is 4.79 Å². The summed E-state index contributed by atoms with van der Waals surface area (Å²) in [6.07, 6.45) is 2.21. The molecule has 0 aromatic heterocycles. The first-order chi connectivity index (χ1) is 9.77. The monoisotopic (exact) mass is 290 g/mol. The van der Waals surface area contributed by atoms with Crippen molar-refractivity contribution in [2.24, 2.45) is 5.73 Å². The van der Waals surface area contributed by atoms with Crippen LogP contribution in [-0.2, 0) is 10.2 Å². The summed E-state index contributed by atoms with van der Waals surface area (Å²) < 4.78 is 6.07. The number of benzene rings is 1. The topological polar surface area (TPSA) is 64.3 Å². The van der Waals surface area contributed by atoms with E-state index in [1.165, 1.54) is 5.56 Å². The highest BCUT2D eigenvalue weighted by atomic mass is 16.5. The number of carbonyl (C=O) groups is 1. The van der Waals surface area contributed by atoms with Gasteiger partial charge >= 0.3 is 0 Å². The lowest BCUT2D eigenvalue weighted by molar-refractivity contribution is -0.124. The normalized spacial score (nSPS) is 25.8. The number of nitrogens with one attached hydrogen (secondary N) is 1. The Hall–Kier alpha value is -1.55. The Bertz CT molecular complexity index is 522. The second kappa shape index (κ2) is 5.68. The number of hydrogen-bond donors (Lipinski definition) is 2. The molecule has 4 nitrogen and oxygen atoms in total. The fourth-order valence-electron chi connectivity index (χ4n) is 2.90. The van der Waals surface area contributed by atoms with Gasteiger partial charge in [0.2, 0.25) is 5.91 Å². The third-order valence-electron chi connectivity index (χ3n) is 4.42. The lowest BCUT2D eigenvalue weighted by Gasteiger charge is -2.25. The Morgan fingerprint density at radius 3 is 2.67 bits per heavy atom. The lowest BCUT2D eigenvalue weighted by Crippen LogP contribution is -2.52. The van der Waals surface area contributed by atoms with E-state index >= 15 is 0 Å². The van der Waals surface area contributed by atoms with E-state index in [1.54, 1.807) is 7.05 Å². The zero-order valence-electron chi connectivity index (χ0n) is 13.4. The van der Waals surface area contributed by atoms with Gasteiger partial charge in [0.15, 0.2) is 0 Å². The van der Waals surface area contributed by atoms with Crippen LogP contribution in [0, 0.1) is 0 Å². The molecule has 1 aliphatic carbocycles. The molecule has 1 fully saturated rings. The average Bonchev–Trinajstić information content (AvgIpc) is 2.83. The maximum absolute atomic E-state index is 11.6. The molecule has 1 aliphatic rings. The van der Waals surface area contributed by atoms with Gasteiger partial charge in [0, 0.05) is 6.42 Å². The molecule has 1 aromatic rings. The summed E-state index contributed by atoms with van der Waals surface area (Å²) in [6.45, 7) is 6.54. The minimum Gasteiger partial charge on any atom is -0.490 e. The smallest absolute Gasteiger partial charge is 0.237 e. The predicted molar refractivity (Wildman–Crippen MR) is 84.4 cm³/mol. The zero-order chi connectivity index (χ0) is 15.7. The molecule has 0 saturated heterocycles. The van der Waals surface area contributed by atoms with Crippen LogP contribution in [0.5, 0.6) is 5.75 Å². The van der Waals surface area contributed by atoms with E-state index in [0.29, 0.717) is 6.42 Å². The molecule has 0 spiro atoms. The van der Waals surface area contributed by atoms with Gasteiger partial charge in [-0.05, 0) is 43.0 Å². The molecule has 3 N–H and O–H groups in total. The average molecular weight is 290 g/mol. The molecule has 0 heterocycles. The molecule has 2 rings (SSSR count). The van der Waals surface area contributed by atoms with Crippen LogP contribution in [0.4, 0.5) is 0 Å². The van der Waals surface area contributed by atoms with Crippen LogP contribution in [-0.4, -0.2) is 24.6 Å². The van der Waals surface area contributed by atoms with Crippen LogP contribution < -0.4 is 15.8 Å². The van der Waals surface area contributed by atoms with E-state index in [9.17, 15) is 4.79 Å². The van der Waals surface area contributed by atoms with Gasteiger partial charge in [0.05, 0.1) is 0 Å². The zero-order valence-corrected chi connectivity index (χ0v) is 13.4. The molecule has 1 saturated carbocycles. The first-order valence-electron chi connectivity index (χ1n) is 7.53. The third kappa shape index (κ3) is 3.38. The summed E-state index contributed by atoms with van der Waals surface area (Å²) in [6, 6.07) is 8.19. The second-order valence-electron chi connectivity index (χ2n) is 6.96. The van der Waals surface area contributed by atoms with Gasteiger partial charge in [0.25, 0.3) is 0 Å². The van der Waals surface area contributed by atoms with Crippen molar-refractivity contribution >= 4 is 5.91 Å². The first kappa shape index (κ1) is 15.8. The van der Waals surface area contributed by atoms with E-state index in [4.69, 9.17) is 10.5 Å². The molecule has 0 radical (unpaired) electrons. The summed E-state index contributed by atoms with van der Waals surface area (Å²) in [5.74, 6) is 0.573. The van der Waals surface area contributed by atoms with Crippen molar-refractivity contribution in [1.82, 2.24) is 5.32 Å². The number of hydrogen-bond acceptors (Lipinski definition) is 3. The Morgan fingerprint density at radius 2 is 2.14 bits per heavy atom. The molecular formula is C17H26N2O2. The van der Waals surface area contributed by atoms with Gasteiger partial charge in [-0.25, -0.2) is 0 Å². The van der Waals surface area contributed by atoms with Gasteiger partial charge in [-0.1, -0.05) is 32.9 Å². The quantitative estimate of drug-likeness (QED) is 0.894. The molecular weight excluding hydrogens is 264 g/mol. The number of carbonyl (C=O) groups excluding carboxylic acids is 1. The van der Waals surface area contributed by atoms with E-state index in [-0.39, 0.29) is 17.4 Å². The van der Waals surface area contributed by atoms with Crippen molar-refractivity contribution in [3.05, 3.63) is 29.8 Å². The Balaban J connectivity index is 2.09. The summed E-state index contributed by atoms with van der Waals surface area (Å²) in [4.78, 5) is 11.6. The van der Waals surface area contributed by atoms with Crippen molar-refractivity contribution in [2.45, 2.75) is 57.1 Å². The van der Waals surface area contributed by atoms with Crippen LogP contribution in [0.15, 0.2) is 24.3 Å².